The second kappa shape index (κ2) is 7.74. The lowest BCUT2D eigenvalue weighted by molar-refractivity contribution is -0.145. The van der Waals surface area contributed by atoms with Crippen molar-refractivity contribution in [3.8, 4) is 11.5 Å². The molecule has 26 heavy (non-hydrogen) atoms. The number of nitrogens with zero attached hydrogens (tertiary/aromatic N) is 1. The average Bonchev–Trinajstić information content (AvgIpc) is 3.35. The molecule has 1 aromatic carbocycles. The molecule has 1 aliphatic rings. The predicted octanol–water partition coefficient (Wildman–Crippen LogP) is 2.73. The summed E-state index contributed by atoms with van der Waals surface area (Å²) in [4.78, 5) is 27.0. The molecule has 0 aliphatic carbocycles. The summed E-state index contributed by atoms with van der Waals surface area (Å²) in [5, 5.41) is -0.418. The zero-order chi connectivity index (χ0) is 18.7. The van der Waals surface area contributed by atoms with Gasteiger partial charge in [-0.25, -0.2) is 4.79 Å². The highest BCUT2D eigenvalue weighted by molar-refractivity contribution is 7.99. The van der Waals surface area contributed by atoms with Gasteiger partial charge in [0.05, 0.1) is 27.6 Å². The van der Waals surface area contributed by atoms with Gasteiger partial charge in [-0.05, 0) is 24.3 Å². The summed E-state index contributed by atoms with van der Waals surface area (Å²) < 4.78 is 20.8. The lowest BCUT2D eigenvalue weighted by Crippen LogP contribution is -2.43. The Morgan fingerprint density at radius 3 is 2.38 bits per heavy atom. The van der Waals surface area contributed by atoms with Crippen molar-refractivity contribution in [3.63, 3.8) is 0 Å². The van der Waals surface area contributed by atoms with Gasteiger partial charge in [0.15, 0.2) is 0 Å². The smallest absolute Gasteiger partial charge is 0.329 e. The average molecular weight is 377 g/mol. The van der Waals surface area contributed by atoms with E-state index in [1.165, 1.54) is 38.0 Å². The van der Waals surface area contributed by atoms with E-state index in [9.17, 15) is 9.59 Å². The fourth-order valence-corrected chi connectivity index (χ4v) is 4.17. The van der Waals surface area contributed by atoms with Crippen molar-refractivity contribution < 1.29 is 28.2 Å². The third kappa shape index (κ3) is 3.37. The van der Waals surface area contributed by atoms with E-state index in [4.69, 9.17) is 18.6 Å². The van der Waals surface area contributed by atoms with Gasteiger partial charge in [0.1, 0.15) is 28.7 Å². The Balaban J connectivity index is 2.01. The van der Waals surface area contributed by atoms with Crippen molar-refractivity contribution in [1.82, 2.24) is 4.90 Å². The third-order valence-corrected chi connectivity index (χ3v) is 5.38. The molecule has 0 saturated carbocycles. The molecule has 8 heteroatoms. The van der Waals surface area contributed by atoms with Crippen LogP contribution in [-0.4, -0.2) is 49.9 Å². The summed E-state index contributed by atoms with van der Waals surface area (Å²) in [6.45, 7) is 0. The van der Waals surface area contributed by atoms with Crippen LogP contribution in [0.3, 0.4) is 0 Å². The maximum Gasteiger partial charge on any atom is 0.329 e. The van der Waals surface area contributed by atoms with Crippen molar-refractivity contribution in [3.05, 3.63) is 47.9 Å². The molecule has 2 unspecified atom stereocenters. The molecule has 0 N–H and O–H groups in total. The highest BCUT2D eigenvalue weighted by Crippen LogP contribution is 2.43. The number of rotatable bonds is 5. The molecule has 0 radical (unpaired) electrons. The van der Waals surface area contributed by atoms with Gasteiger partial charge in [-0.3, -0.25) is 4.79 Å². The lowest BCUT2D eigenvalue weighted by Gasteiger charge is -2.27. The SMILES string of the molecule is COC(=O)C1CSC(c2ccco2)N1C(=O)c1cc(OC)cc(OC)c1. The van der Waals surface area contributed by atoms with Gasteiger partial charge in [-0.15, -0.1) is 11.8 Å². The van der Waals surface area contributed by atoms with Gasteiger partial charge >= 0.3 is 5.97 Å². The number of hydrogen-bond acceptors (Lipinski definition) is 7. The van der Waals surface area contributed by atoms with Gasteiger partial charge in [0.2, 0.25) is 0 Å². The number of carbonyl (C=O) groups excluding carboxylic acids is 2. The Bertz CT molecular complexity index is 769. The predicted molar refractivity (Wildman–Crippen MR) is 95.4 cm³/mol. The molecule has 138 valence electrons. The minimum absolute atomic E-state index is 0.330. The molecule has 7 nitrogen and oxygen atoms in total. The number of benzene rings is 1. The number of esters is 1. The molecule has 0 spiro atoms. The van der Waals surface area contributed by atoms with Gasteiger partial charge < -0.3 is 23.5 Å². The van der Waals surface area contributed by atoms with Crippen molar-refractivity contribution >= 4 is 23.6 Å². The number of amides is 1. The van der Waals surface area contributed by atoms with Crippen LogP contribution >= 0.6 is 11.8 Å². The molecule has 1 fully saturated rings. The standard InChI is InChI=1S/C18H19NO6S/c1-22-12-7-11(8-13(9-12)23-2)16(20)19-14(18(21)24-3)10-26-17(19)15-5-4-6-25-15/h4-9,14,17H,10H2,1-3H3. The minimum Gasteiger partial charge on any atom is -0.497 e. The number of carbonyl (C=O) groups is 2. The quantitative estimate of drug-likeness (QED) is 0.741. The topological polar surface area (TPSA) is 78.2 Å². The fourth-order valence-electron chi connectivity index (χ4n) is 2.80. The Labute approximate surface area is 155 Å². The van der Waals surface area contributed by atoms with Gasteiger partial charge in [0, 0.05) is 17.4 Å². The first-order valence-corrected chi connectivity index (χ1v) is 8.92. The Kier molecular flexibility index (Phi) is 5.41. The second-order valence-electron chi connectivity index (χ2n) is 5.55. The highest BCUT2D eigenvalue weighted by atomic mass is 32.2. The fraction of sp³-hybridized carbons (Fsp3) is 0.333. The Hall–Kier alpha value is -2.61. The maximum absolute atomic E-state index is 13.3. The summed E-state index contributed by atoms with van der Waals surface area (Å²) in [6.07, 6.45) is 1.54. The van der Waals surface area contributed by atoms with E-state index >= 15 is 0 Å². The Morgan fingerprint density at radius 2 is 1.85 bits per heavy atom. The molecule has 1 aromatic heterocycles. The molecule has 1 aliphatic heterocycles. The highest BCUT2D eigenvalue weighted by Gasteiger charge is 2.44. The van der Waals surface area contributed by atoms with Gasteiger partial charge in [-0.1, -0.05) is 0 Å². The van der Waals surface area contributed by atoms with Gasteiger partial charge in [0.25, 0.3) is 5.91 Å². The van der Waals surface area contributed by atoms with E-state index in [1.807, 2.05) is 0 Å². The van der Waals surface area contributed by atoms with Crippen LogP contribution < -0.4 is 9.47 Å². The first-order valence-electron chi connectivity index (χ1n) is 7.87. The molecule has 3 rings (SSSR count). The zero-order valence-corrected chi connectivity index (χ0v) is 15.4. The molecule has 1 saturated heterocycles. The molecular weight excluding hydrogens is 358 g/mol. The van der Waals surface area contributed by atoms with E-state index in [0.717, 1.165) is 0 Å². The first-order chi connectivity index (χ1) is 12.6. The molecule has 0 bridgehead atoms. The number of ether oxygens (including phenoxy) is 3. The van der Waals surface area contributed by atoms with E-state index in [-0.39, 0.29) is 5.91 Å². The summed E-state index contributed by atoms with van der Waals surface area (Å²) in [5.74, 6) is 1.21. The van der Waals surface area contributed by atoms with Gasteiger partial charge in [-0.2, -0.15) is 0 Å². The van der Waals surface area contributed by atoms with Crippen LogP contribution in [0.5, 0.6) is 11.5 Å². The van der Waals surface area contributed by atoms with Crippen molar-refractivity contribution in [2.75, 3.05) is 27.1 Å². The zero-order valence-electron chi connectivity index (χ0n) is 14.6. The van der Waals surface area contributed by atoms with Crippen molar-refractivity contribution in [2.24, 2.45) is 0 Å². The van der Waals surface area contributed by atoms with Crippen LogP contribution in [0.2, 0.25) is 0 Å². The number of hydrogen-bond donors (Lipinski definition) is 0. The monoisotopic (exact) mass is 377 g/mol. The van der Waals surface area contributed by atoms with E-state index in [0.29, 0.717) is 28.6 Å². The summed E-state index contributed by atoms with van der Waals surface area (Å²) in [7, 11) is 4.33. The number of methoxy groups -OCH3 is 3. The third-order valence-electron chi connectivity index (χ3n) is 4.09. The molecule has 2 heterocycles. The van der Waals surface area contributed by atoms with Crippen LogP contribution in [0.1, 0.15) is 21.5 Å². The van der Waals surface area contributed by atoms with E-state index < -0.39 is 17.4 Å². The lowest BCUT2D eigenvalue weighted by atomic mass is 10.1. The normalized spacial score (nSPS) is 19.3. The first kappa shape index (κ1) is 18.2. The van der Waals surface area contributed by atoms with Crippen LogP contribution in [0, 0.1) is 0 Å². The second-order valence-corrected chi connectivity index (χ2v) is 6.67. The largest absolute Gasteiger partial charge is 0.497 e. The molecule has 2 atom stereocenters. The van der Waals surface area contributed by atoms with E-state index in [2.05, 4.69) is 0 Å². The van der Waals surface area contributed by atoms with Crippen molar-refractivity contribution in [1.29, 1.82) is 0 Å². The number of furan rings is 1. The maximum atomic E-state index is 13.3. The summed E-state index contributed by atoms with van der Waals surface area (Å²) in [6, 6.07) is 7.73. The molecule has 2 aromatic rings. The molecule has 1 amide bonds. The van der Waals surface area contributed by atoms with Crippen molar-refractivity contribution in [2.45, 2.75) is 11.4 Å². The van der Waals surface area contributed by atoms with Crippen LogP contribution in [-0.2, 0) is 9.53 Å². The summed E-state index contributed by atoms with van der Waals surface area (Å²) >= 11 is 1.45. The molecular formula is C18H19NO6S. The van der Waals surface area contributed by atoms with E-state index in [1.54, 1.807) is 36.6 Å². The van der Waals surface area contributed by atoms with Crippen LogP contribution in [0.15, 0.2) is 41.0 Å². The summed E-state index contributed by atoms with van der Waals surface area (Å²) in [5.41, 5.74) is 0.356. The number of thioether (sulfide) groups is 1. The Morgan fingerprint density at radius 1 is 1.15 bits per heavy atom. The van der Waals surface area contributed by atoms with Crippen LogP contribution in [0.4, 0.5) is 0 Å². The minimum atomic E-state index is -0.704. The van der Waals surface area contributed by atoms with Crippen LogP contribution in [0.25, 0.3) is 0 Å².